The molecule has 28 heavy (non-hydrogen) atoms. The third-order valence-corrected chi connectivity index (χ3v) is 5.20. The predicted octanol–water partition coefficient (Wildman–Crippen LogP) is 3.95. The van der Waals surface area contributed by atoms with Crippen LogP contribution in [-0.4, -0.2) is 33.1 Å². The van der Waals surface area contributed by atoms with Gasteiger partial charge in [-0.15, -0.1) is 0 Å². The molecule has 2 heterocycles. The third-order valence-electron chi connectivity index (χ3n) is 4.77. The van der Waals surface area contributed by atoms with Crippen molar-refractivity contribution in [3.8, 4) is 11.3 Å². The zero-order chi connectivity index (χ0) is 20.2. The number of H-pyrrole nitrogens is 1. The topological polar surface area (TPSA) is 76.5 Å². The number of nitrogens with zero attached hydrogens (tertiary/aromatic N) is 2. The van der Waals surface area contributed by atoms with Gasteiger partial charge in [-0.2, -0.15) is 5.10 Å². The molecule has 146 valence electrons. The van der Waals surface area contributed by atoms with Gasteiger partial charge in [0.15, 0.2) is 5.69 Å². The smallest absolute Gasteiger partial charge is 0.359 e. The Kier molecular flexibility index (Phi) is 4.26. The third kappa shape index (κ3) is 2.97. The second-order valence-electron chi connectivity index (χ2n) is 6.75. The lowest BCUT2D eigenvalue weighted by Gasteiger charge is -2.06. The first kappa shape index (κ1) is 18.6. The molecule has 1 aromatic carbocycles. The van der Waals surface area contributed by atoms with Gasteiger partial charge < -0.3 is 9.72 Å². The SMILES string of the molecule is CCOC(=O)c1nn2cc(-c3ccc(Cl)c(C)c3)[nH]c(=O)c2c1C1CC1(F)F. The standard InChI is InChI=1S/C19H16ClF2N3O3/c1-3-28-18(27)15-14(11-7-19(11,21)22)16-17(26)23-13(8-25(16)24-15)10-4-5-12(20)9(2)6-10/h4-6,8,11H,3,7H2,1-2H3,(H,23,26). The number of alkyl halides is 2. The fourth-order valence-corrected chi connectivity index (χ4v) is 3.39. The summed E-state index contributed by atoms with van der Waals surface area (Å²) in [7, 11) is 0. The summed E-state index contributed by atoms with van der Waals surface area (Å²) in [4.78, 5) is 27.7. The molecule has 0 spiro atoms. The van der Waals surface area contributed by atoms with Gasteiger partial charge in [0.25, 0.3) is 11.5 Å². The van der Waals surface area contributed by atoms with Crippen LogP contribution in [0.25, 0.3) is 16.8 Å². The molecule has 3 aromatic rings. The van der Waals surface area contributed by atoms with Gasteiger partial charge in [-0.3, -0.25) is 4.79 Å². The van der Waals surface area contributed by atoms with Crippen molar-refractivity contribution in [3.63, 3.8) is 0 Å². The highest BCUT2D eigenvalue weighted by atomic mass is 35.5. The first-order valence-electron chi connectivity index (χ1n) is 8.70. The lowest BCUT2D eigenvalue weighted by molar-refractivity contribution is 0.0517. The molecule has 1 unspecified atom stereocenters. The predicted molar refractivity (Wildman–Crippen MR) is 99.3 cm³/mol. The summed E-state index contributed by atoms with van der Waals surface area (Å²) in [6, 6.07) is 5.20. The minimum Gasteiger partial charge on any atom is -0.461 e. The molecule has 0 amide bonds. The van der Waals surface area contributed by atoms with E-state index in [1.54, 1.807) is 25.1 Å². The van der Waals surface area contributed by atoms with Crippen LogP contribution in [0.5, 0.6) is 0 Å². The molecule has 0 aliphatic heterocycles. The molecule has 1 atom stereocenters. The number of fused-ring (bicyclic) bond motifs is 1. The Morgan fingerprint density at radius 1 is 1.46 bits per heavy atom. The number of hydrogen-bond donors (Lipinski definition) is 1. The molecule has 1 aliphatic rings. The van der Waals surface area contributed by atoms with E-state index in [1.165, 1.54) is 10.7 Å². The Labute approximate surface area is 163 Å². The van der Waals surface area contributed by atoms with Crippen LogP contribution in [0, 0.1) is 6.92 Å². The molecule has 0 bridgehead atoms. The van der Waals surface area contributed by atoms with E-state index < -0.39 is 29.8 Å². The molecule has 1 fully saturated rings. The molecule has 0 saturated heterocycles. The number of nitrogens with one attached hydrogen (secondary N) is 1. The largest absolute Gasteiger partial charge is 0.461 e. The summed E-state index contributed by atoms with van der Waals surface area (Å²) in [6.45, 7) is 3.49. The molecule has 6 nitrogen and oxygen atoms in total. The number of hydrogen-bond acceptors (Lipinski definition) is 4. The van der Waals surface area contributed by atoms with Crippen LogP contribution in [0.2, 0.25) is 5.02 Å². The minimum absolute atomic E-state index is 0.0662. The average Bonchev–Trinajstić information content (AvgIpc) is 3.09. The van der Waals surface area contributed by atoms with Crippen molar-refractivity contribution in [1.29, 1.82) is 0 Å². The van der Waals surface area contributed by atoms with Crippen LogP contribution < -0.4 is 5.56 Å². The number of halogens is 3. The average molecular weight is 408 g/mol. The summed E-state index contributed by atoms with van der Waals surface area (Å²) in [5.41, 5.74) is 0.913. The van der Waals surface area contributed by atoms with Crippen molar-refractivity contribution >= 4 is 23.1 Å². The van der Waals surface area contributed by atoms with Gasteiger partial charge in [0.05, 0.1) is 24.4 Å². The Hall–Kier alpha value is -2.74. The van der Waals surface area contributed by atoms with Crippen molar-refractivity contribution in [3.05, 3.63) is 56.6 Å². The normalized spacial score (nSPS) is 17.7. The Balaban J connectivity index is 1.92. The number of esters is 1. The van der Waals surface area contributed by atoms with Gasteiger partial charge in [0, 0.05) is 17.0 Å². The molecule has 1 N–H and O–H groups in total. The number of carbonyl (C=O) groups is 1. The maximum absolute atomic E-state index is 13.8. The van der Waals surface area contributed by atoms with E-state index in [2.05, 4.69) is 10.1 Å². The summed E-state index contributed by atoms with van der Waals surface area (Å²) >= 11 is 6.04. The van der Waals surface area contributed by atoms with E-state index in [-0.39, 0.29) is 23.4 Å². The Bertz CT molecular complexity index is 1170. The first-order chi connectivity index (χ1) is 13.2. The van der Waals surface area contributed by atoms with E-state index >= 15 is 0 Å². The summed E-state index contributed by atoms with van der Waals surface area (Å²) in [5.74, 6) is -5.02. The fourth-order valence-electron chi connectivity index (χ4n) is 3.27. The second kappa shape index (κ2) is 6.41. The van der Waals surface area contributed by atoms with E-state index in [9.17, 15) is 18.4 Å². The first-order valence-corrected chi connectivity index (χ1v) is 9.07. The van der Waals surface area contributed by atoms with Gasteiger partial charge in [-0.05, 0) is 37.1 Å². The summed E-state index contributed by atoms with van der Waals surface area (Å²) in [5, 5.41) is 4.69. The monoisotopic (exact) mass is 407 g/mol. The van der Waals surface area contributed by atoms with Crippen molar-refractivity contribution in [1.82, 2.24) is 14.6 Å². The molecule has 0 radical (unpaired) electrons. The van der Waals surface area contributed by atoms with Crippen LogP contribution >= 0.6 is 11.6 Å². The highest BCUT2D eigenvalue weighted by molar-refractivity contribution is 6.31. The summed E-state index contributed by atoms with van der Waals surface area (Å²) in [6.07, 6.45) is 1.06. The van der Waals surface area contributed by atoms with Crippen LogP contribution in [0.3, 0.4) is 0 Å². The van der Waals surface area contributed by atoms with E-state index in [0.717, 1.165) is 5.56 Å². The van der Waals surface area contributed by atoms with Gasteiger partial charge in [-0.25, -0.2) is 18.1 Å². The Morgan fingerprint density at radius 2 is 2.18 bits per heavy atom. The number of aryl methyl sites for hydroxylation is 1. The number of benzene rings is 1. The van der Waals surface area contributed by atoms with Gasteiger partial charge in [0.1, 0.15) is 5.52 Å². The maximum atomic E-state index is 13.8. The zero-order valence-corrected chi connectivity index (χ0v) is 15.8. The molecule has 4 rings (SSSR count). The van der Waals surface area contributed by atoms with Crippen LogP contribution in [-0.2, 0) is 4.74 Å². The number of rotatable bonds is 4. The maximum Gasteiger partial charge on any atom is 0.359 e. The number of aromatic amines is 1. The second-order valence-corrected chi connectivity index (χ2v) is 7.16. The van der Waals surface area contributed by atoms with Crippen molar-refractivity contribution < 1.29 is 18.3 Å². The number of ether oxygens (including phenoxy) is 1. The van der Waals surface area contributed by atoms with Gasteiger partial charge >= 0.3 is 5.97 Å². The quantitative estimate of drug-likeness (QED) is 0.664. The van der Waals surface area contributed by atoms with Gasteiger partial charge in [0.2, 0.25) is 0 Å². The minimum atomic E-state index is -2.97. The van der Waals surface area contributed by atoms with Crippen molar-refractivity contribution in [2.45, 2.75) is 32.1 Å². The molecule has 2 aromatic heterocycles. The lowest BCUT2D eigenvalue weighted by atomic mass is 10.1. The molecule has 9 heteroatoms. The van der Waals surface area contributed by atoms with E-state index in [0.29, 0.717) is 16.3 Å². The molecule has 1 aliphatic carbocycles. The van der Waals surface area contributed by atoms with Gasteiger partial charge in [-0.1, -0.05) is 17.7 Å². The molecular formula is C19H16ClF2N3O3. The number of aromatic nitrogens is 3. The van der Waals surface area contributed by atoms with Crippen molar-refractivity contribution in [2.24, 2.45) is 0 Å². The highest BCUT2D eigenvalue weighted by Crippen LogP contribution is 2.57. The van der Waals surface area contributed by atoms with Crippen LogP contribution in [0.15, 0.2) is 29.2 Å². The summed E-state index contributed by atoms with van der Waals surface area (Å²) < 4.78 is 33.6. The molecule has 1 saturated carbocycles. The zero-order valence-electron chi connectivity index (χ0n) is 15.1. The van der Waals surface area contributed by atoms with E-state index in [1.807, 2.05) is 6.92 Å². The van der Waals surface area contributed by atoms with Crippen LogP contribution in [0.4, 0.5) is 8.78 Å². The number of carbonyl (C=O) groups excluding carboxylic acids is 1. The van der Waals surface area contributed by atoms with Crippen LogP contribution in [0.1, 0.15) is 40.9 Å². The van der Waals surface area contributed by atoms with E-state index in [4.69, 9.17) is 16.3 Å². The van der Waals surface area contributed by atoms with Crippen molar-refractivity contribution in [2.75, 3.05) is 6.61 Å². The lowest BCUT2D eigenvalue weighted by Crippen LogP contribution is -2.13. The fraction of sp³-hybridized carbons (Fsp3) is 0.316. The molecular weight excluding hydrogens is 392 g/mol. The Morgan fingerprint density at radius 3 is 2.79 bits per heavy atom. The highest BCUT2D eigenvalue weighted by Gasteiger charge is 2.60.